The van der Waals surface area contributed by atoms with Crippen LogP contribution in [0.5, 0.6) is 0 Å². The SMILES string of the molecule is O=C(c1ccc2c(c1)[C@@H]1C=CC[C@H]1[C@@H](c1ccc(Cl)cc1)N2)N1CCCCC1. The van der Waals surface area contributed by atoms with Gasteiger partial charge in [0.1, 0.15) is 0 Å². The van der Waals surface area contributed by atoms with E-state index in [4.69, 9.17) is 11.6 Å². The average molecular weight is 393 g/mol. The van der Waals surface area contributed by atoms with Crippen molar-refractivity contribution in [2.45, 2.75) is 37.6 Å². The highest BCUT2D eigenvalue weighted by molar-refractivity contribution is 6.30. The molecule has 3 nitrogen and oxygen atoms in total. The third-order valence-electron chi connectivity index (χ3n) is 6.48. The van der Waals surface area contributed by atoms with Crippen LogP contribution in [0.25, 0.3) is 0 Å². The van der Waals surface area contributed by atoms with E-state index in [-0.39, 0.29) is 11.9 Å². The number of hydrogen-bond donors (Lipinski definition) is 1. The van der Waals surface area contributed by atoms with Crippen LogP contribution in [0.3, 0.4) is 0 Å². The van der Waals surface area contributed by atoms with E-state index in [9.17, 15) is 4.79 Å². The fraction of sp³-hybridized carbons (Fsp3) is 0.375. The van der Waals surface area contributed by atoms with Gasteiger partial charge in [-0.2, -0.15) is 0 Å². The number of anilines is 1. The molecule has 2 heterocycles. The van der Waals surface area contributed by atoms with E-state index in [0.717, 1.165) is 48.6 Å². The number of rotatable bonds is 2. The summed E-state index contributed by atoms with van der Waals surface area (Å²) < 4.78 is 0. The van der Waals surface area contributed by atoms with Crippen LogP contribution in [0.2, 0.25) is 5.02 Å². The van der Waals surface area contributed by atoms with Gasteiger partial charge in [0.2, 0.25) is 0 Å². The molecule has 4 heteroatoms. The van der Waals surface area contributed by atoms with Crippen LogP contribution in [-0.4, -0.2) is 23.9 Å². The normalized spacial score (nSPS) is 25.8. The lowest BCUT2D eigenvalue weighted by Gasteiger charge is -2.38. The molecule has 0 radical (unpaired) electrons. The van der Waals surface area contributed by atoms with Crippen LogP contribution in [0.4, 0.5) is 5.69 Å². The average Bonchev–Trinajstić information content (AvgIpc) is 3.24. The van der Waals surface area contributed by atoms with Gasteiger partial charge in [0, 0.05) is 35.3 Å². The monoisotopic (exact) mass is 392 g/mol. The maximum atomic E-state index is 13.0. The molecule has 0 aromatic heterocycles. The molecule has 0 spiro atoms. The quantitative estimate of drug-likeness (QED) is 0.655. The summed E-state index contributed by atoms with van der Waals surface area (Å²) in [4.78, 5) is 15.0. The maximum absolute atomic E-state index is 13.0. The van der Waals surface area contributed by atoms with E-state index < -0.39 is 0 Å². The number of allylic oxidation sites excluding steroid dienone is 2. The molecular weight excluding hydrogens is 368 g/mol. The second kappa shape index (κ2) is 7.29. The summed E-state index contributed by atoms with van der Waals surface area (Å²) in [5, 5.41) is 4.51. The van der Waals surface area contributed by atoms with Crippen LogP contribution in [-0.2, 0) is 0 Å². The topological polar surface area (TPSA) is 32.3 Å². The first kappa shape index (κ1) is 17.8. The molecule has 1 N–H and O–H groups in total. The Kier molecular flexibility index (Phi) is 4.64. The number of hydrogen-bond acceptors (Lipinski definition) is 2. The molecule has 1 amide bonds. The minimum Gasteiger partial charge on any atom is -0.378 e. The minimum absolute atomic E-state index is 0.181. The number of nitrogens with one attached hydrogen (secondary N) is 1. The van der Waals surface area contributed by atoms with Crippen LogP contribution >= 0.6 is 11.6 Å². The zero-order valence-electron chi connectivity index (χ0n) is 15.9. The molecule has 0 saturated carbocycles. The predicted molar refractivity (Wildman–Crippen MR) is 114 cm³/mol. The van der Waals surface area contributed by atoms with E-state index in [1.165, 1.54) is 17.5 Å². The maximum Gasteiger partial charge on any atom is 0.253 e. The number of amides is 1. The van der Waals surface area contributed by atoms with E-state index >= 15 is 0 Å². The molecule has 0 unspecified atom stereocenters. The molecular formula is C24H25ClN2O. The molecule has 2 aromatic rings. The Bertz CT molecular complexity index is 915. The summed E-state index contributed by atoms with van der Waals surface area (Å²) in [5.74, 6) is 1.00. The van der Waals surface area contributed by atoms with E-state index in [0.29, 0.717) is 11.8 Å². The van der Waals surface area contributed by atoms with Gasteiger partial charge in [0.25, 0.3) is 5.91 Å². The molecule has 2 aromatic carbocycles. The summed E-state index contributed by atoms with van der Waals surface area (Å²) in [7, 11) is 0. The minimum atomic E-state index is 0.181. The van der Waals surface area contributed by atoms with Crippen molar-refractivity contribution in [2.75, 3.05) is 18.4 Å². The van der Waals surface area contributed by atoms with Gasteiger partial charge in [0.15, 0.2) is 0 Å². The van der Waals surface area contributed by atoms with Gasteiger partial charge in [-0.25, -0.2) is 0 Å². The second-order valence-corrected chi connectivity index (χ2v) is 8.62. The standard InChI is InChI=1S/C24H25ClN2O/c25-18-10-7-16(8-11-18)23-20-6-4-5-19(20)21-15-17(9-12-22(21)26-23)24(28)27-13-2-1-3-14-27/h4-5,7-12,15,19-20,23,26H,1-3,6,13-14H2/t19-,20-,23-/m1/s1. The van der Waals surface area contributed by atoms with E-state index in [2.05, 4.69) is 41.7 Å². The Morgan fingerprint density at radius 2 is 1.82 bits per heavy atom. The molecule has 1 fully saturated rings. The zero-order chi connectivity index (χ0) is 19.1. The highest BCUT2D eigenvalue weighted by Gasteiger charge is 2.38. The lowest BCUT2D eigenvalue weighted by atomic mass is 9.76. The number of carbonyl (C=O) groups excluding carboxylic acids is 1. The highest BCUT2D eigenvalue weighted by Crippen LogP contribution is 2.50. The lowest BCUT2D eigenvalue weighted by molar-refractivity contribution is 0.0724. The largest absolute Gasteiger partial charge is 0.378 e. The zero-order valence-corrected chi connectivity index (χ0v) is 16.7. The van der Waals surface area contributed by atoms with Gasteiger partial charge in [0.05, 0.1) is 6.04 Å². The molecule has 1 aliphatic carbocycles. The summed E-state index contributed by atoms with van der Waals surface area (Å²) in [6.07, 6.45) is 9.13. The first-order valence-electron chi connectivity index (χ1n) is 10.3. The molecule has 28 heavy (non-hydrogen) atoms. The molecule has 144 valence electrons. The van der Waals surface area contributed by atoms with Crippen molar-refractivity contribution >= 4 is 23.2 Å². The molecule has 2 aliphatic heterocycles. The van der Waals surface area contributed by atoms with Gasteiger partial charge in [-0.05, 0) is 73.1 Å². The molecule has 5 rings (SSSR count). The smallest absolute Gasteiger partial charge is 0.253 e. The van der Waals surface area contributed by atoms with Gasteiger partial charge in [-0.1, -0.05) is 35.9 Å². The van der Waals surface area contributed by atoms with Crippen molar-refractivity contribution in [3.8, 4) is 0 Å². The highest BCUT2D eigenvalue weighted by atomic mass is 35.5. The van der Waals surface area contributed by atoms with Crippen LogP contribution < -0.4 is 5.32 Å². The van der Waals surface area contributed by atoms with Crippen molar-refractivity contribution in [2.24, 2.45) is 5.92 Å². The van der Waals surface area contributed by atoms with Gasteiger partial charge in [-0.15, -0.1) is 0 Å². The first-order chi connectivity index (χ1) is 13.7. The van der Waals surface area contributed by atoms with Gasteiger partial charge >= 0.3 is 0 Å². The third-order valence-corrected chi connectivity index (χ3v) is 6.73. The van der Waals surface area contributed by atoms with E-state index in [1.54, 1.807) is 0 Å². The van der Waals surface area contributed by atoms with Crippen LogP contribution in [0, 0.1) is 5.92 Å². The summed E-state index contributed by atoms with van der Waals surface area (Å²) in [6.45, 7) is 1.78. The number of halogens is 1. The second-order valence-electron chi connectivity index (χ2n) is 8.18. The summed E-state index contributed by atoms with van der Waals surface area (Å²) in [5.41, 5.74) is 4.49. The van der Waals surface area contributed by atoms with Crippen molar-refractivity contribution in [3.05, 3.63) is 76.3 Å². The third kappa shape index (κ3) is 3.12. The molecule has 0 bridgehead atoms. The molecule has 1 saturated heterocycles. The Balaban J connectivity index is 1.47. The Morgan fingerprint density at radius 3 is 2.61 bits per heavy atom. The van der Waals surface area contributed by atoms with Crippen LogP contribution in [0.15, 0.2) is 54.6 Å². The first-order valence-corrected chi connectivity index (χ1v) is 10.7. The van der Waals surface area contributed by atoms with Crippen molar-refractivity contribution < 1.29 is 4.79 Å². The fourth-order valence-electron chi connectivity index (χ4n) is 5.01. The fourth-order valence-corrected chi connectivity index (χ4v) is 5.13. The lowest BCUT2D eigenvalue weighted by Crippen LogP contribution is -2.36. The molecule has 3 atom stereocenters. The van der Waals surface area contributed by atoms with E-state index in [1.807, 2.05) is 23.1 Å². The van der Waals surface area contributed by atoms with Crippen molar-refractivity contribution in [1.82, 2.24) is 4.90 Å². The number of carbonyl (C=O) groups is 1. The number of nitrogens with zero attached hydrogens (tertiary/aromatic N) is 1. The van der Waals surface area contributed by atoms with Crippen LogP contribution in [0.1, 0.15) is 59.1 Å². The number of piperidine rings is 1. The molecule has 3 aliphatic rings. The number of likely N-dealkylation sites (tertiary alicyclic amines) is 1. The number of benzene rings is 2. The number of fused-ring (bicyclic) bond motifs is 3. The Labute approximate surface area is 171 Å². The summed E-state index contributed by atoms with van der Waals surface area (Å²) in [6, 6.07) is 14.6. The Hall–Kier alpha value is -2.26. The van der Waals surface area contributed by atoms with Crippen molar-refractivity contribution in [3.63, 3.8) is 0 Å². The Morgan fingerprint density at radius 1 is 1.04 bits per heavy atom. The van der Waals surface area contributed by atoms with Crippen molar-refractivity contribution in [1.29, 1.82) is 0 Å². The van der Waals surface area contributed by atoms with Gasteiger partial charge < -0.3 is 10.2 Å². The van der Waals surface area contributed by atoms with Gasteiger partial charge in [-0.3, -0.25) is 4.79 Å². The predicted octanol–water partition coefficient (Wildman–Crippen LogP) is 5.79. The summed E-state index contributed by atoms with van der Waals surface area (Å²) >= 11 is 6.09.